The highest BCUT2D eigenvalue weighted by Crippen LogP contribution is 2.29. The van der Waals surface area contributed by atoms with Crippen LogP contribution in [0.5, 0.6) is 11.5 Å². The van der Waals surface area contributed by atoms with Crippen LogP contribution in [0.2, 0.25) is 0 Å². The van der Waals surface area contributed by atoms with Crippen molar-refractivity contribution in [2.24, 2.45) is 0 Å². The average Bonchev–Trinajstić information content (AvgIpc) is 2.64. The van der Waals surface area contributed by atoms with Crippen LogP contribution in [0.3, 0.4) is 0 Å². The molecule has 2 aromatic rings. The molecule has 0 aliphatic heterocycles. The highest BCUT2D eigenvalue weighted by atomic mass is 32.2. The Morgan fingerprint density at radius 2 is 1.86 bits per heavy atom. The first kappa shape index (κ1) is 21.6. The van der Waals surface area contributed by atoms with Crippen molar-refractivity contribution in [1.29, 1.82) is 0 Å². The van der Waals surface area contributed by atoms with Crippen molar-refractivity contribution in [1.82, 2.24) is 0 Å². The van der Waals surface area contributed by atoms with E-state index in [1.165, 1.54) is 11.4 Å². The maximum atomic E-state index is 12.3. The molecule has 0 saturated heterocycles. The van der Waals surface area contributed by atoms with E-state index in [1.807, 2.05) is 25.1 Å². The van der Waals surface area contributed by atoms with Crippen LogP contribution in [-0.2, 0) is 14.8 Å². The fourth-order valence-electron chi connectivity index (χ4n) is 2.77. The summed E-state index contributed by atoms with van der Waals surface area (Å²) in [7, 11) is -0.382. The van der Waals surface area contributed by atoms with Crippen molar-refractivity contribution in [3.8, 4) is 11.5 Å². The fraction of sp³-hybridized carbons (Fsp3) is 0.350. The number of nitrogens with one attached hydrogen (secondary N) is 1. The number of carbonyl (C=O) groups excluding carboxylic acids is 1. The lowest BCUT2D eigenvalue weighted by Crippen LogP contribution is -2.31. The van der Waals surface area contributed by atoms with E-state index in [0.717, 1.165) is 11.8 Å². The first-order valence-corrected chi connectivity index (χ1v) is 10.7. The zero-order chi connectivity index (χ0) is 20.7. The van der Waals surface area contributed by atoms with Gasteiger partial charge in [-0.15, -0.1) is 0 Å². The number of hydrogen-bond donors (Lipinski definition) is 1. The normalized spacial score (nSPS) is 11.0. The Morgan fingerprint density at radius 3 is 2.46 bits per heavy atom. The third kappa shape index (κ3) is 5.88. The van der Waals surface area contributed by atoms with Gasteiger partial charge in [-0.05, 0) is 43.2 Å². The molecule has 2 aromatic carbocycles. The summed E-state index contributed by atoms with van der Waals surface area (Å²) in [6, 6.07) is 12.4. The van der Waals surface area contributed by atoms with E-state index in [2.05, 4.69) is 5.32 Å². The van der Waals surface area contributed by atoms with E-state index in [-0.39, 0.29) is 18.9 Å². The van der Waals surface area contributed by atoms with Crippen molar-refractivity contribution >= 4 is 27.3 Å². The van der Waals surface area contributed by atoms with Crippen molar-refractivity contribution in [3.63, 3.8) is 0 Å². The van der Waals surface area contributed by atoms with Crippen LogP contribution < -0.4 is 19.1 Å². The van der Waals surface area contributed by atoms with Gasteiger partial charge in [-0.25, -0.2) is 8.42 Å². The molecule has 28 heavy (non-hydrogen) atoms. The lowest BCUT2D eigenvalue weighted by molar-refractivity contribution is -0.116. The quantitative estimate of drug-likeness (QED) is 0.691. The molecule has 0 spiro atoms. The number of hydrogen-bond acceptors (Lipinski definition) is 5. The second kappa shape index (κ2) is 9.45. The Morgan fingerprint density at radius 1 is 1.11 bits per heavy atom. The molecular formula is C20H26N2O5S. The van der Waals surface area contributed by atoms with Gasteiger partial charge in [0.1, 0.15) is 11.5 Å². The van der Waals surface area contributed by atoms with Crippen LogP contribution in [0.25, 0.3) is 0 Å². The number of aryl methyl sites for hydroxylation is 1. The molecule has 1 amide bonds. The molecule has 0 bridgehead atoms. The van der Waals surface area contributed by atoms with E-state index < -0.39 is 10.0 Å². The van der Waals surface area contributed by atoms with Gasteiger partial charge >= 0.3 is 0 Å². The van der Waals surface area contributed by atoms with Gasteiger partial charge in [0.25, 0.3) is 0 Å². The number of benzene rings is 2. The number of amides is 1. The molecule has 0 unspecified atom stereocenters. The third-order valence-electron chi connectivity index (χ3n) is 4.14. The summed E-state index contributed by atoms with van der Waals surface area (Å²) in [5.74, 6) is 0.892. The topological polar surface area (TPSA) is 84.9 Å². The maximum Gasteiger partial charge on any atom is 0.232 e. The minimum absolute atomic E-state index is 0.174. The number of rotatable bonds is 9. The van der Waals surface area contributed by atoms with Crippen molar-refractivity contribution in [2.75, 3.05) is 36.6 Å². The largest absolute Gasteiger partial charge is 0.497 e. The van der Waals surface area contributed by atoms with Gasteiger partial charge in [0.15, 0.2) is 0 Å². The summed E-state index contributed by atoms with van der Waals surface area (Å²) >= 11 is 0. The molecule has 0 aliphatic carbocycles. The Labute approximate surface area is 166 Å². The number of ether oxygens (including phenoxy) is 2. The van der Waals surface area contributed by atoms with Crippen molar-refractivity contribution in [2.45, 2.75) is 19.8 Å². The highest BCUT2D eigenvalue weighted by Gasteiger charge is 2.18. The number of nitrogens with zero attached hydrogens (tertiary/aromatic N) is 1. The second-order valence-electron chi connectivity index (χ2n) is 6.39. The molecule has 0 radical (unpaired) electrons. The predicted molar refractivity (Wildman–Crippen MR) is 111 cm³/mol. The summed E-state index contributed by atoms with van der Waals surface area (Å²) in [5.41, 5.74) is 2.10. The van der Waals surface area contributed by atoms with Crippen LogP contribution in [0, 0.1) is 6.92 Å². The minimum atomic E-state index is -3.44. The first-order valence-electron chi connectivity index (χ1n) is 8.81. The predicted octanol–water partition coefficient (Wildman–Crippen LogP) is 3.20. The van der Waals surface area contributed by atoms with E-state index in [4.69, 9.17) is 9.47 Å². The Balaban J connectivity index is 2.00. The number of methoxy groups -OCH3 is 2. The molecule has 0 saturated carbocycles. The molecule has 8 heteroatoms. The summed E-state index contributed by atoms with van der Waals surface area (Å²) < 4.78 is 36.0. The number of carbonyl (C=O) groups is 1. The third-order valence-corrected chi connectivity index (χ3v) is 5.33. The second-order valence-corrected chi connectivity index (χ2v) is 8.30. The van der Waals surface area contributed by atoms with Crippen LogP contribution in [0.15, 0.2) is 42.5 Å². The van der Waals surface area contributed by atoms with Gasteiger partial charge < -0.3 is 14.8 Å². The monoisotopic (exact) mass is 406 g/mol. The highest BCUT2D eigenvalue weighted by molar-refractivity contribution is 7.92. The van der Waals surface area contributed by atoms with Crippen molar-refractivity contribution in [3.05, 3.63) is 48.0 Å². The summed E-state index contributed by atoms with van der Waals surface area (Å²) in [5, 5.41) is 2.79. The maximum absolute atomic E-state index is 12.3. The van der Waals surface area contributed by atoms with Gasteiger partial charge in [0.05, 0.1) is 31.9 Å². The smallest absolute Gasteiger partial charge is 0.232 e. The Hall–Kier alpha value is -2.74. The van der Waals surface area contributed by atoms with Gasteiger partial charge in [-0.1, -0.05) is 12.1 Å². The van der Waals surface area contributed by atoms with E-state index >= 15 is 0 Å². The standard InChI is InChI=1S/C20H26N2O5S/c1-15-7-5-8-16(13-15)22(28(4,24)25)12-6-9-20(23)21-18-11-10-17(26-2)14-19(18)27-3/h5,7-8,10-11,13-14H,6,9,12H2,1-4H3,(H,21,23). The van der Waals surface area contributed by atoms with Crippen LogP contribution in [0.4, 0.5) is 11.4 Å². The van der Waals surface area contributed by atoms with Gasteiger partial charge in [-0.2, -0.15) is 0 Å². The van der Waals surface area contributed by atoms with Crippen molar-refractivity contribution < 1.29 is 22.7 Å². The SMILES string of the molecule is COc1ccc(NC(=O)CCCN(c2cccc(C)c2)S(C)(=O)=O)c(OC)c1. The van der Waals surface area contributed by atoms with Crippen LogP contribution in [0.1, 0.15) is 18.4 Å². The zero-order valence-electron chi connectivity index (χ0n) is 16.6. The van der Waals surface area contributed by atoms with E-state index in [1.54, 1.807) is 31.4 Å². The molecule has 0 aromatic heterocycles. The van der Waals surface area contributed by atoms with E-state index in [9.17, 15) is 13.2 Å². The van der Waals surface area contributed by atoms with Gasteiger partial charge in [0, 0.05) is 19.0 Å². The van der Waals surface area contributed by atoms with Crippen LogP contribution >= 0.6 is 0 Å². The molecule has 0 aliphatic rings. The fourth-order valence-corrected chi connectivity index (χ4v) is 3.72. The number of sulfonamides is 1. The van der Waals surface area contributed by atoms with Crippen LogP contribution in [-0.4, -0.2) is 41.3 Å². The summed E-state index contributed by atoms with van der Waals surface area (Å²) in [6.45, 7) is 2.12. The summed E-state index contributed by atoms with van der Waals surface area (Å²) in [6.07, 6.45) is 1.72. The molecule has 0 atom stereocenters. The molecule has 0 heterocycles. The first-order chi connectivity index (χ1) is 13.2. The molecular weight excluding hydrogens is 380 g/mol. The summed E-state index contributed by atoms with van der Waals surface area (Å²) in [4.78, 5) is 12.3. The number of anilines is 2. The minimum Gasteiger partial charge on any atom is -0.497 e. The van der Waals surface area contributed by atoms with Gasteiger partial charge in [-0.3, -0.25) is 9.10 Å². The molecule has 2 rings (SSSR count). The Bertz CT molecular complexity index is 928. The zero-order valence-corrected chi connectivity index (χ0v) is 17.4. The van der Waals surface area contributed by atoms with Gasteiger partial charge in [0.2, 0.25) is 15.9 Å². The molecule has 0 fully saturated rings. The molecule has 7 nitrogen and oxygen atoms in total. The van der Waals surface area contributed by atoms with E-state index in [0.29, 0.717) is 29.3 Å². The molecule has 152 valence electrons. The Kier molecular flexibility index (Phi) is 7.28. The lowest BCUT2D eigenvalue weighted by Gasteiger charge is -2.22. The average molecular weight is 407 g/mol. The molecule has 1 N–H and O–H groups in total. The lowest BCUT2D eigenvalue weighted by atomic mass is 10.2.